The van der Waals surface area contributed by atoms with E-state index in [1.54, 1.807) is 38.4 Å². The van der Waals surface area contributed by atoms with Crippen molar-refractivity contribution in [3.63, 3.8) is 0 Å². The fourth-order valence-electron chi connectivity index (χ4n) is 1.61. The molecule has 0 fully saturated rings. The van der Waals surface area contributed by atoms with E-state index in [-0.39, 0.29) is 18.4 Å². The molecule has 2 N–H and O–H groups in total. The Labute approximate surface area is 113 Å². The topological polar surface area (TPSA) is 69.6 Å². The summed E-state index contributed by atoms with van der Waals surface area (Å²) in [4.78, 5) is 24.9. The standard InChI is InChI=1S/C14H20N2O3/c1-16(2)14(19)11-6-5-7-12(10-11)15-13(18)8-3-4-9-17/h5-7,10,17H,3-4,8-9H2,1-2H3,(H,15,18). The van der Waals surface area contributed by atoms with Crippen LogP contribution in [0.25, 0.3) is 0 Å². The van der Waals surface area contributed by atoms with Crippen molar-refractivity contribution in [1.82, 2.24) is 4.90 Å². The summed E-state index contributed by atoms with van der Waals surface area (Å²) in [6.45, 7) is 0.0973. The first-order valence-electron chi connectivity index (χ1n) is 6.27. The number of carbonyl (C=O) groups is 2. The highest BCUT2D eigenvalue weighted by Gasteiger charge is 2.09. The summed E-state index contributed by atoms with van der Waals surface area (Å²) in [6, 6.07) is 6.85. The SMILES string of the molecule is CN(C)C(=O)c1cccc(NC(=O)CCCCO)c1. The van der Waals surface area contributed by atoms with Crippen LogP contribution in [0.5, 0.6) is 0 Å². The molecule has 2 amide bonds. The third-order valence-corrected chi connectivity index (χ3v) is 2.61. The number of nitrogens with one attached hydrogen (secondary N) is 1. The second-order valence-corrected chi connectivity index (χ2v) is 4.51. The van der Waals surface area contributed by atoms with Crippen LogP contribution in [0.1, 0.15) is 29.6 Å². The molecule has 0 saturated heterocycles. The zero-order chi connectivity index (χ0) is 14.3. The molecule has 104 valence electrons. The number of amides is 2. The summed E-state index contributed by atoms with van der Waals surface area (Å²) in [7, 11) is 3.37. The van der Waals surface area contributed by atoms with E-state index in [0.717, 1.165) is 0 Å². The van der Waals surface area contributed by atoms with Crippen molar-refractivity contribution in [3.05, 3.63) is 29.8 Å². The normalized spacial score (nSPS) is 10.1. The van der Waals surface area contributed by atoms with Gasteiger partial charge in [0.25, 0.3) is 5.91 Å². The molecule has 5 heteroatoms. The van der Waals surface area contributed by atoms with E-state index >= 15 is 0 Å². The van der Waals surface area contributed by atoms with Crippen LogP contribution in [0, 0.1) is 0 Å². The van der Waals surface area contributed by atoms with Gasteiger partial charge in [-0.15, -0.1) is 0 Å². The first kappa shape index (κ1) is 15.2. The van der Waals surface area contributed by atoms with Crippen LogP contribution < -0.4 is 5.32 Å². The van der Waals surface area contributed by atoms with Crippen LogP contribution in [0.15, 0.2) is 24.3 Å². The third kappa shape index (κ3) is 5.09. The summed E-state index contributed by atoms with van der Waals surface area (Å²) in [6.07, 6.45) is 1.64. The Morgan fingerprint density at radius 1 is 1.26 bits per heavy atom. The number of carbonyl (C=O) groups excluding carboxylic acids is 2. The molecule has 19 heavy (non-hydrogen) atoms. The van der Waals surface area contributed by atoms with Gasteiger partial charge in [0.05, 0.1) is 0 Å². The molecule has 5 nitrogen and oxygen atoms in total. The van der Waals surface area contributed by atoms with Crippen molar-refractivity contribution in [2.75, 3.05) is 26.0 Å². The highest BCUT2D eigenvalue weighted by Crippen LogP contribution is 2.12. The van der Waals surface area contributed by atoms with Gasteiger partial charge in [0.2, 0.25) is 5.91 Å². The van der Waals surface area contributed by atoms with Gasteiger partial charge in [0.1, 0.15) is 0 Å². The first-order valence-corrected chi connectivity index (χ1v) is 6.27. The number of nitrogens with zero attached hydrogens (tertiary/aromatic N) is 1. The highest BCUT2D eigenvalue weighted by atomic mass is 16.3. The molecule has 0 bridgehead atoms. The van der Waals surface area contributed by atoms with Crippen molar-refractivity contribution in [1.29, 1.82) is 0 Å². The van der Waals surface area contributed by atoms with E-state index in [1.165, 1.54) is 4.90 Å². The minimum absolute atomic E-state index is 0.0973. The van der Waals surface area contributed by atoms with E-state index in [1.807, 2.05) is 0 Å². The monoisotopic (exact) mass is 264 g/mol. The van der Waals surface area contributed by atoms with Crippen LogP contribution in [0.2, 0.25) is 0 Å². The van der Waals surface area contributed by atoms with Gasteiger partial charge in [-0.2, -0.15) is 0 Å². The number of aliphatic hydroxyl groups is 1. The highest BCUT2D eigenvalue weighted by molar-refractivity contribution is 5.96. The molecule has 1 aromatic carbocycles. The Bertz CT molecular complexity index is 444. The molecule has 0 aromatic heterocycles. The maximum atomic E-state index is 11.8. The smallest absolute Gasteiger partial charge is 0.253 e. The molecule has 1 rings (SSSR count). The number of unbranched alkanes of at least 4 members (excludes halogenated alkanes) is 1. The molecule has 0 heterocycles. The fourth-order valence-corrected chi connectivity index (χ4v) is 1.61. The molecule has 0 aliphatic rings. The lowest BCUT2D eigenvalue weighted by Gasteiger charge is -2.11. The van der Waals surface area contributed by atoms with Crippen LogP contribution in [0.3, 0.4) is 0 Å². The Morgan fingerprint density at radius 2 is 2.00 bits per heavy atom. The van der Waals surface area contributed by atoms with E-state index < -0.39 is 0 Å². The van der Waals surface area contributed by atoms with Crippen LogP contribution in [0.4, 0.5) is 5.69 Å². The molecular formula is C14H20N2O3. The molecule has 0 aliphatic heterocycles. The molecule has 0 spiro atoms. The second-order valence-electron chi connectivity index (χ2n) is 4.51. The first-order chi connectivity index (χ1) is 9.04. The van der Waals surface area contributed by atoms with E-state index in [2.05, 4.69) is 5.32 Å². The number of anilines is 1. The summed E-state index contributed by atoms with van der Waals surface area (Å²) in [5.74, 6) is -0.209. The van der Waals surface area contributed by atoms with Crippen LogP contribution >= 0.6 is 0 Å². The molecular weight excluding hydrogens is 244 g/mol. The average molecular weight is 264 g/mol. The van der Waals surface area contributed by atoms with Gasteiger partial charge < -0.3 is 15.3 Å². The van der Waals surface area contributed by atoms with Gasteiger partial charge in [0, 0.05) is 38.4 Å². The summed E-state index contributed by atoms with van der Waals surface area (Å²) >= 11 is 0. The summed E-state index contributed by atoms with van der Waals surface area (Å²) < 4.78 is 0. The number of rotatable bonds is 6. The molecule has 1 aromatic rings. The van der Waals surface area contributed by atoms with Gasteiger partial charge in [0.15, 0.2) is 0 Å². The van der Waals surface area contributed by atoms with Gasteiger partial charge in [-0.05, 0) is 31.0 Å². The fraction of sp³-hybridized carbons (Fsp3) is 0.429. The van der Waals surface area contributed by atoms with Crippen molar-refractivity contribution in [2.24, 2.45) is 0 Å². The predicted octanol–water partition coefficient (Wildman–Crippen LogP) is 1.49. The summed E-state index contributed by atoms with van der Waals surface area (Å²) in [5, 5.41) is 11.4. The van der Waals surface area contributed by atoms with Gasteiger partial charge in [-0.1, -0.05) is 6.07 Å². The summed E-state index contributed by atoms with van der Waals surface area (Å²) in [5.41, 5.74) is 1.15. The minimum Gasteiger partial charge on any atom is -0.396 e. The van der Waals surface area contributed by atoms with Crippen LogP contribution in [-0.2, 0) is 4.79 Å². The zero-order valence-electron chi connectivity index (χ0n) is 11.3. The van der Waals surface area contributed by atoms with Crippen LogP contribution in [-0.4, -0.2) is 42.5 Å². The van der Waals surface area contributed by atoms with E-state index in [9.17, 15) is 9.59 Å². The largest absolute Gasteiger partial charge is 0.396 e. The number of hydrogen-bond donors (Lipinski definition) is 2. The predicted molar refractivity (Wildman–Crippen MR) is 74.0 cm³/mol. The average Bonchev–Trinajstić information content (AvgIpc) is 2.38. The molecule has 0 aliphatic carbocycles. The third-order valence-electron chi connectivity index (χ3n) is 2.61. The molecule has 0 atom stereocenters. The maximum absolute atomic E-state index is 11.8. The Hall–Kier alpha value is -1.88. The van der Waals surface area contributed by atoms with Gasteiger partial charge in [-0.25, -0.2) is 0 Å². The van der Waals surface area contributed by atoms with Crippen molar-refractivity contribution in [3.8, 4) is 0 Å². The maximum Gasteiger partial charge on any atom is 0.253 e. The van der Waals surface area contributed by atoms with E-state index in [0.29, 0.717) is 30.5 Å². The number of benzene rings is 1. The van der Waals surface area contributed by atoms with Gasteiger partial charge >= 0.3 is 0 Å². The van der Waals surface area contributed by atoms with Crippen molar-refractivity contribution >= 4 is 17.5 Å². The quantitative estimate of drug-likeness (QED) is 0.765. The zero-order valence-corrected chi connectivity index (χ0v) is 11.3. The lowest BCUT2D eigenvalue weighted by atomic mass is 10.1. The van der Waals surface area contributed by atoms with Gasteiger partial charge in [-0.3, -0.25) is 9.59 Å². The molecule has 0 radical (unpaired) electrons. The van der Waals surface area contributed by atoms with E-state index in [4.69, 9.17) is 5.11 Å². The lowest BCUT2D eigenvalue weighted by molar-refractivity contribution is -0.116. The van der Waals surface area contributed by atoms with Crippen molar-refractivity contribution in [2.45, 2.75) is 19.3 Å². The molecule has 0 unspecified atom stereocenters. The number of hydrogen-bond acceptors (Lipinski definition) is 3. The second kappa shape index (κ2) is 7.53. The minimum atomic E-state index is -0.108. The Kier molecular flexibility index (Phi) is 6.02. The number of aliphatic hydroxyl groups excluding tert-OH is 1. The lowest BCUT2D eigenvalue weighted by Crippen LogP contribution is -2.21. The Morgan fingerprint density at radius 3 is 2.63 bits per heavy atom. The van der Waals surface area contributed by atoms with Crippen molar-refractivity contribution < 1.29 is 14.7 Å². The Balaban J connectivity index is 2.62. The molecule has 0 saturated carbocycles.